The van der Waals surface area contributed by atoms with Gasteiger partial charge in [-0.3, -0.25) is 9.89 Å². The van der Waals surface area contributed by atoms with Crippen molar-refractivity contribution in [2.75, 3.05) is 0 Å². The number of amides is 1. The fourth-order valence-electron chi connectivity index (χ4n) is 2.95. The van der Waals surface area contributed by atoms with Crippen LogP contribution in [-0.2, 0) is 6.54 Å². The Morgan fingerprint density at radius 1 is 0.963 bits per heavy atom. The molecule has 4 rings (SSSR count). The predicted molar refractivity (Wildman–Crippen MR) is 109 cm³/mol. The molecule has 0 saturated heterocycles. The topological polar surface area (TPSA) is 57.8 Å². The van der Waals surface area contributed by atoms with Crippen LogP contribution >= 0.6 is 23.2 Å². The molecule has 0 atom stereocenters. The van der Waals surface area contributed by atoms with E-state index in [0.717, 1.165) is 27.6 Å². The van der Waals surface area contributed by atoms with Crippen LogP contribution < -0.4 is 5.32 Å². The lowest BCUT2D eigenvalue weighted by Gasteiger charge is -2.05. The van der Waals surface area contributed by atoms with Crippen LogP contribution in [0.4, 0.5) is 0 Å². The van der Waals surface area contributed by atoms with Gasteiger partial charge in [-0.25, -0.2) is 0 Å². The number of carbonyl (C=O) groups excluding carboxylic acids is 1. The van der Waals surface area contributed by atoms with E-state index in [1.54, 1.807) is 18.2 Å². The van der Waals surface area contributed by atoms with Crippen LogP contribution in [0.25, 0.3) is 22.0 Å². The molecule has 0 aliphatic heterocycles. The first-order valence-electron chi connectivity index (χ1n) is 8.37. The van der Waals surface area contributed by atoms with Gasteiger partial charge < -0.3 is 5.32 Å². The zero-order valence-corrected chi connectivity index (χ0v) is 15.7. The number of rotatable bonds is 4. The standard InChI is InChI=1S/C21H15Cl2N3O/c22-17-9-8-13(10-18(17)23)12-24-21(27)20-11-19(25-26-20)16-7-3-5-14-4-1-2-6-15(14)16/h1-11H,12H2,(H,24,27)(H,25,26). The summed E-state index contributed by atoms with van der Waals surface area (Å²) in [5, 5.41) is 13.1. The van der Waals surface area contributed by atoms with Crippen molar-refractivity contribution in [3.63, 3.8) is 0 Å². The van der Waals surface area contributed by atoms with Gasteiger partial charge in [0.15, 0.2) is 0 Å². The fourth-order valence-corrected chi connectivity index (χ4v) is 3.27. The molecule has 0 unspecified atom stereocenters. The van der Waals surface area contributed by atoms with E-state index in [9.17, 15) is 4.79 Å². The number of hydrogen-bond acceptors (Lipinski definition) is 2. The Hall–Kier alpha value is -2.82. The SMILES string of the molecule is O=C(NCc1ccc(Cl)c(Cl)c1)c1cc(-c2cccc3ccccc23)n[nH]1. The Balaban J connectivity index is 1.53. The minimum atomic E-state index is -0.236. The van der Waals surface area contributed by atoms with Crippen molar-refractivity contribution in [2.24, 2.45) is 0 Å². The van der Waals surface area contributed by atoms with Gasteiger partial charge >= 0.3 is 0 Å². The summed E-state index contributed by atoms with van der Waals surface area (Å²) >= 11 is 11.9. The number of benzene rings is 3. The van der Waals surface area contributed by atoms with Gasteiger partial charge in [-0.15, -0.1) is 0 Å². The van der Waals surface area contributed by atoms with Crippen molar-refractivity contribution in [3.05, 3.63) is 88.0 Å². The number of aromatic nitrogens is 2. The summed E-state index contributed by atoms with van der Waals surface area (Å²) in [7, 11) is 0. The first-order chi connectivity index (χ1) is 13.1. The molecule has 134 valence electrons. The summed E-state index contributed by atoms with van der Waals surface area (Å²) in [6, 6.07) is 21.1. The Morgan fingerprint density at radius 2 is 1.78 bits per heavy atom. The van der Waals surface area contributed by atoms with Crippen LogP contribution in [0.15, 0.2) is 66.7 Å². The molecule has 0 saturated carbocycles. The molecule has 0 aliphatic carbocycles. The highest BCUT2D eigenvalue weighted by Gasteiger charge is 2.12. The molecule has 0 bridgehead atoms. The van der Waals surface area contributed by atoms with Crippen LogP contribution in [0.1, 0.15) is 16.1 Å². The van der Waals surface area contributed by atoms with Gasteiger partial charge in [0.25, 0.3) is 5.91 Å². The molecule has 1 amide bonds. The predicted octanol–water partition coefficient (Wildman–Crippen LogP) is 5.47. The average Bonchev–Trinajstić information content (AvgIpc) is 3.18. The maximum absolute atomic E-state index is 12.4. The van der Waals surface area contributed by atoms with Gasteiger partial charge in [-0.1, -0.05) is 71.7 Å². The molecular weight excluding hydrogens is 381 g/mol. The highest BCUT2D eigenvalue weighted by Crippen LogP contribution is 2.27. The number of nitrogens with zero attached hydrogens (tertiary/aromatic N) is 1. The first-order valence-corrected chi connectivity index (χ1v) is 9.13. The van der Waals surface area contributed by atoms with Crippen LogP contribution in [0.3, 0.4) is 0 Å². The largest absolute Gasteiger partial charge is 0.347 e. The molecule has 0 spiro atoms. The monoisotopic (exact) mass is 395 g/mol. The van der Waals surface area contributed by atoms with Gasteiger partial charge in [0, 0.05) is 12.1 Å². The highest BCUT2D eigenvalue weighted by atomic mass is 35.5. The number of aromatic amines is 1. The molecule has 0 radical (unpaired) electrons. The summed E-state index contributed by atoms with van der Waals surface area (Å²) in [6.45, 7) is 0.346. The highest BCUT2D eigenvalue weighted by molar-refractivity contribution is 6.42. The lowest BCUT2D eigenvalue weighted by atomic mass is 10.0. The van der Waals surface area contributed by atoms with Gasteiger partial charge in [0.1, 0.15) is 5.69 Å². The van der Waals surface area contributed by atoms with Gasteiger partial charge in [0.05, 0.1) is 15.7 Å². The lowest BCUT2D eigenvalue weighted by molar-refractivity contribution is 0.0946. The van der Waals surface area contributed by atoms with Gasteiger partial charge in [0.2, 0.25) is 0 Å². The van der Waals surface area contributed by atoms with Crippen LogP contribution in [0.5, 0.6) is 0 Å². The number of H-pyrrole nitrogens is 1. The van der Waals surface area contributed by atoms with Crippen molar-refractivity contribution >= 4 is 39.9 Å². The Bertz CT molecular complexity index is 1130. The van der Waals surface area contributed by atoms with Crippen molar-refractivity contribution < 1.29 is 4.79 Å². The quantitative estimate of drug-likeness (QED) is 0.481. The van der Waals surface area contributed by atoms with Gasteiger partial charge in [-0.05, 0) is 34.5 Å². The van der Waals surface area contributed by atoms with Crippen LogP contribution in [0, 0.1) is 0 Å². The average molecular weight is 396 g/mol. The van der Waals surface area contributed by atoms with E-state index >= 15 is 0 Å². The lowest BCUT2D eigenvalue weighted by Crippen LogP contribution is -2.23. The smallest absolute Gasteiger partial charge is 0.269 e. The summed E-state index contributed by atoms with van der Waals surface area (Å²) < 4.78 is 0. The third-order valence-electron chi connectivity index (χ3n) is 4.33. The maximum Gasteiger partial charge on any atom is 0.269 e. The molecule has 3 aromatic carbocycles. The second-order valence-electron chi connectivity index (χ2n) is 6.12. The molecular formula is C21H15Cl2N3O. The summed E-state index contributed by atoms with van der Waals surface area (Å²) in [4.78, 5) is 12.4. The summed E-state index contributed by atoms with van der Waals surface area (Å²) in [5.41, 5.74) is 2.98. The molecule has 27 heavy (non-hydrogen) atoms. The second kappa shape index (κ2) is 7.43. The molecule has 2 N–H and O–H groups in total. The Kier molecular flexibility index (Phi) is 4.84. The van der Waals surface area contributed by atoms with E-state index in [1.165, 1.54) is 0 Å². The summed E-state index contributed by atoms with van der Waals surface area (Å²) in [5.74, 6) is -0.236. The van der Waals surface area contributed by atoms with E-state index in [2.05, 4.69) is 27.6 Å². The molecule has 1 heterocycles. The normalized spacial score (nSPS) is 10.9. The zero-order chi connectivity index (χ0) is 18.8. The Morgan fingerprint density at radius 3 is 2.63 bits per heavy atom. The first kappa shape index (κ1) is 17.6. The van der Waals surface area contributed by atoms with Crippen molar-refractivity contribution in [1.29, 1.82) is 0 Å². The fraction of sp³-hybridized carbons (Fsp3) is 0.0476. The number of halogens is 2. The second-order valence-corrected chi connectivity index (χ2v) is 6.94. The third-order valence-corrected chi connectivity index (χ3v) is 5.06. The molecule has 0 aliphatic rings. The van der Waals surface area contributed by atoms with E-state index in [1.807, 2.05) is 36.4 Å². The molecule has 4 aromatic rings. The Labute approximate surface area is 166 Å². The molecule has 1 aromatic heterocycles. The minimum absolute atomic E-state index is 0.236. The van der Waals surface area contributed by atoms with Crippen molar-refractivity contribution in [3.8, 4) is 11.3 Å². The van der Waals surface area contributed by atoms with E-state index < -0.39 is 0 Å². The van der Waals surface area contributed by atoms with Gasteiger partial charge in [-0.2, -0.15) is 5.10 Å². The van der Waals surface area contributed by atoms with Crippen LogP contribution in [-0.4, -0.2) is 16.1 Å². The number of nitrogens with one attached hydrogen (secondary N) is 2. The summed E-state index contributed by atoms with van der Waals surface area (Å²) in [6.07, 6.45) is 0. The van der Waals surface area contributed by atoms with E-state index in [4.69, 9.17) is 23.2 Å². The maximum atomic E-state index is 12.4. The third kappa shape index (κ3) is 3.68. The number of fused-ring (bicyclic) bond motifs is 1. The van der Waals surface area contributed by atoms with E-state index in [0.29, 0.717) is 22.3 Å². The zero-order valence-electron chi connectivity index (χ0n) is 14.2. The van der Waals surface area contributed by atoms with E-state index in [-0.39, 0.29) is 5.91 Å². The molecule has 4 nitrogen and oxygen atoms in total. The van der Waals surface area contributed by atoms with Crippen LogP contribution in [0.2, 0.25) is 10.0 Å². The van der Waals surface area contributed by atoms with Crippen molar-refractivity contribution in [2.45, 2.75) is 6.54 Å². The molecule has 6 heteroatoms. The minimum Gasteiger partial charge on any atom is -0.347 e. The number of hydrogen-bond donors (Lipinski definition) is 2. The van der Waals surface area contributed by atoms with Crippen molar-refractivity contribution in [1.82, 2.24) is 15.5 Å². The molecule has 0 fully saturated rings. The number of carbonyl (C=O) groups is 1.